The highest BCUT2D eigenvalue weighted by Crippen LogP contribution is 2.34. The van der Waals surface area contributed by atoms with Gasteiger partial charge in [0.15, 0.2) is 11.6 Å². The van der Waals surface area contributed by atoms with Gasteiger partial charge in [0.1, 0.15) is 0 Å². The highest BCUT2D eigenvalue weighted by molar-refractivity contribution is 5.29. The van der Waals surface area contributed by atoms with Crippen molar-refractivity contribution in [3.05, 3.63) is 41.8 Å². The minimum Gasteiger partial charge on any atom is -0.347 e. The van der Waals surface area contributed by atoms with Crippen molar-refractivity contribution < 1.29 is 10.8 Å². The Kier molecular flexibility index (Phi) is 2.21. The molecule has 1 aliphatic carbocycles. The van der Waals surface area contributed by atoms with E-state index >= 15 is 0 Å². The van der Waals surface area contributed by atoms with Crippen LogP contribution >= 0.6 is 0 Å². The van der Waals surface area contributed by atoms with Gasteiger partial charge in [-0.3, -0.25) is 0 Å². The number of rotatable bonds is 1. The smallest absolute Gasteiger partial charge is 0.172 e. The van der Waals surface area contributed by atoms with Crippen molar-refractivity contribution in [3.8, 4) is 5.82 Å². The minimum atomic E-state index is -0.527. The van der Waals surface area contributed by atoms with Crippen LogP contribution in [0.1, 0.15) is 19.0 Å². The Balaban J connectivity index is 1.75. The van der Waals surface area contributed by atoms with E-state index in [9.17, 15) is 0 Å². The van der Waals surface area contributed by atoms with Crippen LogP contribution in [0.4, 0.5) is 0 Å². The molecular weight excluding hydrogens is 242 g/mol. The van der Waals surface area contributed by atoms with Crippen LogP contribution in [0.2, 0.25) is 0 Å². The summed E-state index contributed by atoms with van der Waals surface area (Å²) in [6, 6.07) is 5.60. The molecular formula is C14H15N3O2. The molecule has 1 saturated heterocycles. The van der Waals surface area contributed by atoms with Crippen LogP contribution < -0.4 is 0 Å². The molecule has 1 spiro atoms. The average molecular weight is 258 g/mol. The van der Waals surface area contributed by atoms with Gasteiger partial charge in [0.2, 0.25) is 0 Å². The predicted octanol–water partition coefficient (Wildman–Crippen LogP) is 1.50. The number of nitrogens with zero attached hydrogens (tertiary/aromatic N) is 3. The molecule has 0 bridgehead atoms. The summed E-state index contributed by atoms with van der Waals surface area (Å²) in [7, 11) is 0. The fourth-order valence-electron chi connectivity index (χ4n) is 2.74. The van der Waals surface area contributed by atoms with Crippen molar-refractivity contribution in [2.24, 2.45) is 0 Å². The molecule has 2 aromatic rings. The van der Waals surface area contributed by atoms with E-state index < -0.39 is 5.79 Å². The van der Waals surface area contributed by atoms with Crippen molar-refractivity contribution >= 4 is 0 Å². The summed E-state index contributed by atoms with van der Waals surface area (Å²) in [6.45, 7) is 1.27. The Morgan fingerprint density at radius 3 is 3.00 bits per heavy atom. The maximum absolute atomic E-state index is 8.34. The number of pyridine rings is 1. The molecule has 0 aromatic carbocycles. The molecule has 19 heavy (non-hydrogen) atoms. The summed E-state index contributed by atoms with van der Waals surface area (Å²) in [5, 5.41) is 4.53. The molecule has 98 valence electrons. The van der Waals surface area contributed by atoms with E-state index in [1.807, 2.05) is 18.2 Å². The Morgan fingerprint density at radius 2 is 2.21 bits per heavy atom. The Hall–Kier alpha value is -1.72. The van der Waals surface area contributed by atoms with E-state index in [1.165, 1.54) is 0 Å². The van der Waals surface area contributed by atoms with E-state index in [1.54, 1.807) is 10.9 Å². The van der Waals surface area contributed by atoms with Crippen LogP contribution in [0, 0.1) is 0 Å². The summed E-state index contributed by atoms with van der Waals surface area (Å²) in [5.41, 5.74) is 1.88. The molecule has 2 aromatic heterocycles. The highest BCUT2D eigenvalue weighted by atomic mass is 16.7. The fourth-order valence-corrected chi connectivity index (χ4v) is 2.74. The first-order valence-corrected chi connectivity index (χ1v) is 6.54. The first kappa shape index (κ1) is 10.1. The molecule has 0 N–H and O–H groups in total. The third-order valence-electron chi connectivity index (χ3n) is 3.68. The number of hydrogen-bond acceptors (Lipinski definition) is 4. The van der Waals surface area contributed by atoms with Gasteiger partial charge >= 0.3 is 0 Å². The Morgan fingerprint density at radius 1 is 1.32 bits per heavy atom. The number of ether oxygens (including phenoxy) is 2. The van der Waals surface area contributed by atoms with Gasteiger partial charge in [-0.25, -0.2) is 9.67 Å². The molecule has 1 aliphatic heterocycles. The SMILES string of the molecule is [2H]c1c2c(nn1-c1ccccn1)CCC1(C2)OCCO1. The van der Waals surface area contributed by atoms with Gasteiger partial charge in [-0.2, -0.15) is 5.10 Å². The van der Waals surface area contributed by atoms with Crippen molar-refractivity contribution in [2.75, 3.05) is 13.2 Å². The van der Waals surface area contributed by atoms with Gasteiger partial charge in [-0.1, -0.05) is 6.07 Å². The summed E-state index contributed by atoms with van der Waals surface area (Å²) >= 11 is 0. The molecule has 3 heterocycles. The lowest BCUT2D eigenvalue weighted by atomic mass is 9.92. The molecule has 0 amide bonds. The molecule has 0 atom stereocenters. The summed E-state index contributed by atoms with van der Waals surface area (Å²) < 4.78 is 21.4. The van der Waals surface area contributed by atoms with E-state index in [2.05, 4.69) is 10.1 Å². The molecule has 0 unspecified atom stereocenters. The molecule has 2 aliphatic rings. The quantitative estimate of drug-likeness (QED) is 0.777. The van der Waals surface area contributed by atoms with Crippen molar-refractivity contribution in [2.45, 2.75) is 25.0 Å². The number of hydrogen-bond donors (Lipinski definition) is 0. The first-order chi connectivity index (χ1) is 9.77. The molecule has 4 rings (SSSR count). The number of aryl methyl sites for hydroxylation is 1. The zero-order chi connectivity index (χ0) is 13.6. The zero-order valence-electron chi connectivity index (χ0n) is 11.5. The van der Waals surface area contributed by atoms with Crippen LogP contribution in [0.5, 0.6) is 0 Å². The average Bonchev–Trinajstić information content (AvgIpc) is 3.07. The number of aromatic nitrogens is 3. The van der Waals surface area contributed by atoms with Crippen LogP contribution in [-0.2, 0) is 22.3 Å². The van der Waals surface area contributed by atoms with Gasteiger partial charge in [-0.05, 0) is 24.1 Å². The zero-order valence-corrected chi connectivity index (χ0v) is 10.5. The fraction of sp³-hybridized carbons (Fsp3) is 0.429. The monoisotopic (exact) mass is 258 g/mol. The molecule has 1 fully saturated rings. The van der Waals surface area contributed by atoms with E-state index in [4.69, 9.17) is 10.8 Å². The van der Waals surface area contributed by atoms with Gasteiger partial charge in [-0.15, -0.1) is 0 Å². The lowest BCUT2D eigenvalue weighted by Crippen LogP contribution is -2.36. The lowest BCUT2D eigenvalue weighted by Gasteiger charge is -2.30. The Labute approximate surface area is 112 Å². The van der Waals surface area contributed by atoms with Gasteiger partial charge in [0, 0.05) is 25.2 Å². The van der Waals surface area contributed by atoms with Crippen LogP contribution in [0.15, 0.2) is 30.6 Å². The van der Waals surface area contributed by atoms with E-state index in [0.29, 0.717) is 31.6 Å². The van der Waals surface area contributed by atoms with E-state index in [0.717, 1.165) is 24.1 Å². The van der Waals surface area contributed by atoms with Crippen LogP contribution in [0.25, 0.3) is 5.82 Å². The maximum Gasteiger partial charge on any atom is 0.172 e. The van der Waals surface area contributed by atoms with Gasteiger partial charge < -0.3 is 9.47 Å². The predicted molar refractivity (Wildman–Crippen MR) is 68.0 cm³/mol. The summed E-state index contributed by atoms with van der Waals surface area (Å²) in [5.74, 6) is 0.148. The largest absolute Gasteiger partial charge is 0.347 e. The molecule has 5 heteroatoms. The third kappa shape index (κ3) is 1.86. The topological polar surface area (TPSA) is 49.2 Å². The van der Waals surface area contributed by atoms with Gasteiger partial charge in [0.25, 0.3) is 0 Å². The second kappa shape index (κ2) is 4.15. The molecule has 5 nitrogen and oxygen atoms in total. The minimum absolute atomic E-state index is 0.386. The van der Waals surface area contributed by atoms with Crippen molar-refractivity contribution in [1.29, 1.82) is 0 Å². The Bertz CT molecular complexity index is 635. The number of fused-ring (bicyclic) bond motifs is 1. The summed E-state index contributed by atoms with van der Waals surface area (Å²) in [6.07, 6.45) is 4.28. The lowest BCUT2D eigenvalue weighted by molar-refractivity contribution is -0.163. The normalized spacial score (nSPS) is 21.4. The second-order valence-electron chi connectivity index (χ2n) is 4.92. The highest BCUT2D eigenvalue weighted by Gasteiger charge is 2.40. The standard InChI is InChI=1S/C14H15N3O2/c1-2-6-15-13(3-1)17-10-11-9-14(18-7-8-19-14)5-4-12(11)16-17/h1-3,6,10H,4-5,7-9H2/i10D. The van der Waals surface area contributed by atoms with Crippen LogP contribution in [0.3, 0.4) is 0 Å². The summed E-state index contributed by atoms with van der Waals surface area (Å²) in [4.78, 5) is 4.26. The first-order valence-electron chi connectivity index (χ1n) is 7.04. The maximum atomic E-state index is 8.34. The van der Waals surface area contributed by atoms with Crippen molar-refractivity contribution in [3.63, 3.8) is 0 Å². The molecule has 0 saturated carbocycles. The van der Waals surface area contributed by atoms with Crippen molar-refractivity contribution in [1.82, 2.24) is 14.8 Å². The second-order valence-corrected chi connectivity index (χ2v) is 4.92. The van der Waals surface area contributed by atoms with E-state index in [-0.39, 0.29) is 0 Å². The third-order valence-corrected chi connectivity index (χ3v) is 3.68. The van der Waals surface area contributed by atoms with Crippen LogP contribution in [-0.4, -0.2) is 33.8 Å². The van der Waals surface area contributed by atoms with Gasteiger partial charge in [0.05, 0.1) is 20.3 Å². The molecule has 0 radical (unpaired) electrons.